The maximum atomic E-state index is 13.8. The molecule has 38 heavy (non-hydrogen) atoms. The Morgan fingerprint density at radius 3 is 2.58 bits per heavy atom. The summed E-state index contributed by atoms with van der Waals surface area (Å²) in [5.41, 5.74) is 6.06. The van der Waals surface area contributed by atoms with Crippen LogP contribution in [0.2, 0.25) is 0 Å². The Kier molecular flexibility index (Phi) is 5.64. The Labute approximate surface area is 229 Å². The Balaban J connectivity index is 1.39. The lowest BCUT2D eigenvalue weighted by Crippen LogP contribution is -2.38. The van der Waals surface area contributed by atoms with E-state index in [-0.39, 0.29) is 17.4 Å². The third-order valence-electron chi connectivity index (χ3n) is 7.09. The van der Waals surface area contributed by atoms with E-state index >= 15 is 0 Å². The Hall–Kier alpha value is -3.81. The van der Waals surface area contributed by atoms with E-state index < -0.39 is 0 Å². The first-order valence-corrected chi connectivity index (χ1v) is 13.9. The smallest absolute Gasteiger partial charge is 0.271 e. The van der Waals surface area contributed by atoms with Crippen LogP contribution in [-0.2, 0) is 6.42 Å². The Bertz CT molecular complexity index is 1910. The van der Waals surface area contributed by atoms with Crippen LogP contribution in [0.3, 0.4) is 0 Å². The van der Waals surface area contributed by atoms with Gasteiger partial charge in [-0.15, -0.1) is 0 Å². The highest BCUT2D eigenvalue weighted by atomic mass is 79.9. The third-order valence-corrected chi connectivity index (χ3v) is 8.60. The van der Waals surface area contributed by atoms with Gasteiger partial charge in [-0.05, 0) is 65.9 Å². The second-order valence-electron chi connectivity index (χ2n) is 9.37. The number of allylic oxidation sites excluding steroid dienone is 1. The molecule has 4 nitrogen and oxygen atoms in total. The molecule has 1 aliphatic carbocycles. The summed E-state index contributed by atoms with van der Waals surface area (Å²) in [5, 5.41) is 0. The number of aryl methyl sites for hydroxylation is 1. The predicted octanol–water partition coefficient (Wildman–Crippen LogP) is 6.48. The van der Waals surface area contributed by atoms with E-state index in [9.17, 15) is 9.18 Å². The number of benzene rings is 3. The largest absolute Gasteiger partial charge is 0.457 e. The van der Waals surface area contributed by atoms with E-state index in [1.54, 1.807) is 22.8 Å². The fraction of sp³-hybridized carbons (Fsp3) is 0.0968. The van der Waals surface area contributed by atoms with E-state index in [1.807, 2.05) is 48.5 Å². The van der Waals surface area contributed by atoms with Gasteiger partial charge in [-0.1, -0.05) is 75.8 Å². The molecule has 0 fully saturated rings. The quantitative estimate of drug-likeness (QED) is 0.244. The van der Waals surface area contributed by atoms with E-state index in [0.29, 0.717) is 15.1 Å². The minimum Gasteiger partial charge on any atom is -0.457 e. The van der Waals surface area contributed by atoms with Crippen molar-refractivity contribution in [3.05, 3.63) is 143 Å². The lowest BCUT2D eigenvalue weighted by Gasteiger charge is -2.30. The first-order valence-electron chi connectivity index (χ1n) is 12.3. The molecule has 0 bridgehead atoms. The van der Waals surface area contributed by atoms with Gasteiger partial charge in [-0.25, -0.2) is 9.38 Å². The van der Waals surface area contributed by atoms with Gasteiger partial charge in [0.2, 0.25) is 0 Å². The molecule has 1 atom stereocenters. The number of hydrogen-bond donors (Lipinski definition) is 0. The minimum absolute atomic E-state index is 0.130. The van der Waals surface area contributed by atoms with Gasteiger partial charge < -0.3 is 4.42 Å². The molecule has 3 heterocycles. The molecular weight excluding hydrogens is 563 g/mol. The van der Waals surface area contributed by atoms with Crippen molar-refractivity contribution >= 4 is 39.0 Å². The van der Waals surface area contributed by atoms with Gasteiger partial charge in [0.25, 0.3) is 5.56 Å². The number of halogens is 2. The minimum atomic E-state index is -0.340. The molecule has 1 aliphatic heterocycles. The van der Waals surface area contributed by atoms with Crippen molar-refractivity contribution in [3.8, 4) is 11.3 Å². The van der Waals surface area contributed by atoms with Crippen LogP contribution in [0.5, 0.6) is 0 Å². The molecule has 2 aromatic heterocycles. The zero-order chi connectivity index (χ0) is 25.8. The second kappa shape index (κ2) is 9.19. The number of nitrogens with zero attached hydrogens (tertiary/aromatic N) is 2. The van der Waals surface area contributed by atoms with Crippen molar-refractivity contribution in [1.82, 2.24) is 4.57 Å². The number of aromatic nitrogens is 1. The van der Waals surface area contributed by atoms with Crippen LogP contribution in [0.4, 0.5) is 4.39 Å². The number of rotatable bonds is 3. The molecule has 0 unspecified atom stereocenters. The van der Waals surface area contributed by atoms with Crippen LogP contribution < -0.4 is 14.9 Å². The summed E-state index contributed by atoms with van der Waals surface area (Å²) in [6.07, 6.45) is 3.44. The van der Waals surface area contributed by atoms with Crippen molar-refractivity contribution in [2.45, 2.75) is 18.9 Å². The fourth-order valence-electron chi connectivity index (χ4n) is 5.30. The van der Waals surface area contributed by atoms with Crippen LogP contribution in [0, 0.1) is 5.82 Å². The Morgan fingerprint density at radius 1 is 0.974 bits per heavy atom. The molecule has 0 saturated heterocycles. The van der Waals surface area contributed by atoms with Gasteiger partial charge in [0.05, 0.1) is 16.3 Å². The van der Waals surface area contributed by atoms with Crippen molar-refractivity contribution in [1.29, 1.82) is 0 Å². The van der Waals surface area contributed by atoms with Crippen LogP contribution in [0.1, 0.15) is 34.9 Å². The van der Waals surface area contributed by atoms with Crippen molar-refractivity contribution in [3.63, 3.8) is 0 Å². The summed E-state index contributed by atoms with van der Waals surface area (Å²) < 4.78 is 23.2. The highest BCUT2D eigenvalue weighted by Gasteiger charge is 2.32. The molecular formula is C31H20BrFN2O2S. The summed E-state index contributed by atoms with van der Waals surface area (Å²) >= 11 is 4.81. The molecule has 0 saturated carbocycles. The summed E-state index contributed by atoms with van der Waals surface area (Å²) in [6.45, 7) is 0. The van der Waals surface area contributed by atoms with Crippen molar-refractivity contribution in [2.75, 3.05) is 0 Å². The van der Waals surface area contributed by atoms with Crippen LogP contribution in [0.15, 0.2) is 109 Å². The SMILES string of the molecule is O=c1/c(=C\c2ccc(-c3ccc(Br)cc3)o2)sc2n1[C@@H](c1ccc(F)cc1)C1=C(N=2)c2ccccc2CC1. The highest BCUT2D eigenvalue weighted by Crippen LogP contribution is 2.41. The zero-order valence-electron chi connectivity index (χ0n) is 20.0. The zero-order valence-corrected chi connectivity index (χ0v) is 22.4. The molecule has 0 N–H and O–H groups in total. The fourth-order valence-corrected chi connectivity index (χ4v) is 6.54. The monoisotopic (exact) mass is 582 g/mol. The molecule has 5 aromatic rings. The lowest BCUT2D eigenvalue weighted by molar-refractivity contribution is 0.570. The Morgan fingerprint density at radius 2 is 1.76 bits per heavy atom. The predicted molar refractivity (Wildman–Crippen MR) is 151 cm³/mol. The first kappa shape index (κ1) is 23.3. The van der Waals surface area contributed by atoms with Gasteiger partial charge in [0.1, 0.15) is 17.3 Å². The lowest BCUT2D eigenvalue weighted by atomic mass is 9.83. The normalized spacial score (nSPS) is 16.6. The maximum absolute atomic E-state index is 13.8. The molecule has 0 radical (unpaired) electrons. The third kappa shape index (κ3) is 3.94. The summed E-state index contributed by atoms with van der Waals surface area (Å²) in [4.78, 5) is 19.5. The molecule has 0 spiro atoms. The number of hydrogen-bond acceptors (Lipinski definition) is 4. The first-order chi connectivity index (χ1) is 18.5. The van der Waals surface area contributed by atoms with E-state index in [2.05, 4.69) is 28.1 Å². The molecule has 3 aromatic carbocycles. The van der Waals surface area contributed by atoms with Gasteiger partial charge in [-0.2, -0.15) is 0 Å². The van der Waals surface area contributed by atoms with Gasteiger partial charge in [0, 0.05) is 21.7 Å². The summed E-state index contributed by atoms with van der Waals surface area (Å²) in [5.74, 6) is 1.03. The molecule has 0 amide bonds. The molecule has 7 rings (SSSR count). The van der Waals surface area contributed by atoms with Crippen molar-refractivity contribution < 1.29 is 8.81 Å². The average molecular weight is 583 g/mol. The van der Waals surface area contributed by atoms with E-state index in [4.69, 9.17) is 9.41 Å². The van der Waals surface area contributed by atoms with Crippen LogP contribution in [-0.4, -0.2) is 4.57 Å². The van der Waals surface area contributed by atoms with Crippen molar-refractivity contribution in [2.24, 2.45) is 4.99 Å². The van der Waals surface area contributed by atoms with Gasteiger partial charge in [0.15, 0.2) is 4.80 Å². The van der Waals surface area contributed by atoms with Gasteiger partial charge in [-0.3, -0.25) is 9.36 Å². The number of furan rings is 1. The van der Waals surface area contributed by atoms with Gasteiger partial charge >= 0.3 is 0 Å². The maximum Gasteiger partial charge on any atom is 0.271 e. The van der Waals surface area contributed by atoms with E-state index in [0.717, 1.165) is 51.0 Å². The highest BCUT2D eigenvalue weighted by molar-refractivity contribution is 9.10. The molecule has 7 heteroatoms. The van der Waals surface area contributed by atoms with Crippen LogP contribution >= 0.6 is 27.3 Å². The molecule has 2 aliphatic rings. The summed E-state index contributed by atoms with van der Waals surface area (Å²) in [7, 11) is 0. The van der Waals surface area contributed by atoms with E-state index in [1.165, 1.54) is 29.0 Å². The van der Waals surface area contributed by atoms with Crippen LogP contribution in [0.25, 0.3) is 23.1 Å². The number of fused-ring (bicyclic) bond motifs is 3. The number of thiazole rings is 1. The average Bonchev–Trinajstić information content (AvgIpc) is 3.53. The topological polar surface area (TPSA) is 47.5 Å². The molecule has 186 valence electrons. The second-order valence-corrected chi connectivity index (χ2v) is 11.3. The standard InChI is InChI=1S/C31H20BrFN2O2S/c32-21-10-5-19(6-11-21)26-16-14-23(37-26)17-27-30(36)35-29(20-7-12-22(33)13-8-20)25-15-9-18-3-1-2-4-24(18)28(25)34-31(35)38-27/h1-8,10-14,16-17,29H,9,15H2/b27-17+/t29-/m0/s1. The summed E-state index contributed by atoms with van der Waals surface area (Å²) in [6, 6.07) is 26.1.